The van der Waals surface area contributed by atoms with Gasteiger partial charge in [-0.05, 0) is 24.6 Å². The summed E-state index contributed by atoms with van der Waals surface area (Å²) in [4.78, 5) is 28.7. The van der Waals surface area contributed by atoms with Gasteiger partial charge in [-0.1, -0.05) is 48.5 Å². The molecule has 1 atom stereocenters. The Morgan fingerprint density at radius 2 is 1.89 bits per heavy atom. The van der Waals surface area contributed by atoms with E-state index in [2.05, 4.69) is 6.58 Å². The largest absolute Gasteiger partial charge is 0.479 e. The normalized spacial score (nSPS) is 15.7. The molecule has 3 rings (SSSR count). The minimum Gasteiger partial charge on any atom is -0.479 e. The van der Waals surface area contributed by atoms with Crippen molar-refractivity contribution in [3.8, 4) is 5.75 Å². The third-order valence-electron chi connectivity index (χ3n) is 4.54. The van der Waals surface area contributed by atoms with E-state index in [-0.39, 0.29) is 18.2 Å². The number of rotatable bonds is 7. The van der Waals surface area contributed by atoms with Gasteiger partial charge in [-0.15, -0.1) is 6.58 Å². The summed E-state index contributed by atoms with van der Waals surface area (Å²) in [7, 11) is 0. The Hall–Kier alpha value is -3.08. The van der Waals surface area contributed by atoms with Gasteiger partial charge in [0.15, 0.2) is 6.10 Å². The lowest BCUT2D eigenvalue weighted by Crippen LogP contribution is -2.46. The third-order valence-corrected chi connectivity index (χ3v) is 4.54. The Balaban J connectivity index is 1.69. The zero-order valence-electron chi connectivity index (χ0n) is 15.5. The third kappa shape index (κ3) is 4.37. The molecule has 5 heteroatoms. The number of hydrogen-bond donors (Lipinski definition) is 0. The van der Waals surface area contributed by atoms with E-state index in [1.165, 1.54) is 0 Å². The van der Waals surface area contributed by atoms with Crippen molar-refractivity contribution in [3.05, 3.63) is 72.8 Å². The molecule has 1 aliphatic rings. The van der Waals surface area contributed by atoms with Crippen LogP contribution in [0.4, 0.5) is 5.69 Å². The average Bonchev–Trinajstić information content (AvgIpc) is 2.68. The number of nitrogens with zero attached hydrogens (tertiary/aromatic N) is 2. The van der Waals surface area contributed by atoms with Crippen molar-refractivity contribution in [1.82, 2.24) is 4.90 Å². The van der Waals surface area contributed by atoms with Gasteiger partial charge in [-0.2, -0.15) is 0 Å². The van der Waals surface area contributed by atoms with E-state index in [1.807, 2.05) is 54.6 Å². The van der Waals surface area contributed by atoms with Crippen molar-refractivity contribution in [2.45, 2.75) is 26.0 Å². The first kappa shape index (κ1) is 18.7. The molecule has 0 aliphatic carbocycles. The molecule has 0 fully saturated rings. The minimum atomic E-state index is -0.552. The van der Waals surface area contributed by atoms with Gasteiger partial charge < -0.3 is 14.5 Å². The number of fused-ring (bicyclic) bond motifs is 1. The molecule has 0 radical (unpaired) electrons. The van der Waals surface area contributed by atoms with Gasteiger partial charge in [0.25, 0.3) is 5.91 Å². The first-order valence-corrected chi connectivity index (χ1v) is 9.10. The van der Waals surface area contributed by atoms with Crippen LogP contribution in [0, 0.1) is 0 Å². The maximum atomic E-state index is 12.8. The monoisotopic (exact) mass is 364 g/mol. The molecule has 0 spiro atoms. The standard InChI is InChI=1S/C22H24N2O3/c1-3-14-23(16-18-9-5-4-6-10-18)21(25)13-15-24-19-11-7-8-12-20(19)27-17(2)22(24)26/h3-12,17H,1,13-16H2,2H3. The Labute approximate surface area is 159 Å². The second-order valence-electron chi connectivity index (χ2n) is 6.52. The van der Waals surface area contributed by atoms with Gasteiger partial charge in [0.05, 0.1) is 5.69 Å². The van der Waals surface area contributed by atoms with E-state index >= 15 is 0 Å². The number of hydrogen-bond acceptors (Lipinski definition) is 3. The number of anilines is 1. The number of ether oxygens (including phenoxy) is 1. The van der Waals surface area contributed by atoms with E-state index in [9.17, 15) is 9.59 Å². The molecular weight excluding hydrogens is 340 g/mol. The van der Waals surface area contributed by atoms with E-state index in [1.54, 1.807) is 22.8 Å². The summed E-state index contributed by atoms with van der Waals surface area (Å²) >= 11 is 0. The lowest BCUT2D eigenvalue weighted by molar-refractivity contribution is -0.131. The van der Waals surface area contributed by atoms with Gasteiger partial charge in [-0.3, -0.25) is 9.59 Å². The number of benzene rings is 2. The molecule has 1 heterocycles. The second-order valence-corrected chi connectivity index (χ2v) is 6.52. The summed E-state index contributed by atoms with van der Waals surface area (Å²) in [5.74, 6) is 0.535. The SMILES string of the molecule is C=CCN(Cc1ccccc1)C(=O)CCN1C(=O)C(C)Oc2ccccc21. The van der Waals surface area contributed by atoms with Crippen LogP contribution in [0.5, 0.6) is 5.75 Å². The summed E-state index contributed by atoms with van der Waals surface area (Å²) in [5, 5.41) is 0. The van der Waals surface area contributed by atoms with Crippen LogP contribution < -0.4 is 9.64 Å². The number of amides is 2. The highest BCUT2D eigenvalue weighted by atomic mass is 16.5. The highest BCUT2D eigenvalue weighted by molar-refractivity contribution is 6.00. The summed E-state index contributed by atoms with van der Waals surface area (Å²) in [6, 6.07) is 17.3. The molecule has 2 amide bonds. The molecule has 2 aromatic carbocycles. The molecular formula is C22H24N2O3. The second kappa shape index (κ2) is 8.54. The smallest absolute Gasteiger partial charge is 0.267 e. The highest BCUT2D eigenvalue weighted by Gasteiger charge is 2.31. The van der Waals surface area contributed by atoms with Gasteiger partial charge in [0.2, 0.25) is 5.91 Å². The van der Waals surface area contributed by atoms with Crippen LogP contribution in [0.1, 0.15) is 18.9 Å². The van der Waals surface area contributed by atoms with Crippen molar-refractivity contribution >= 4 is 17.5 Å². The number of carbonyl (C=O) groups excluding carboxylic acids is 2. The van der Waals surface area contributed by atoms with E-state index < -0.39 is 6.10 Å². The van der Waals surface area contributed by atoms with Gasteiger partial charge in [-0.25, -0.2) is 0 Å². The maximum Gasteiger partial charge on any atom is 0.267 e. The van der Waals surface area contributed by atoms with Crippen LogP contribution in [0.15, 0.2) is 67.3 Å². The first-order valence-electron chi connectivity index (χ1n) is 9.10. The number of carbonyl (C=O) groups is 2. The molecule has 0 saturated heterocycles. The fraction of sp³-hybridized carbons (Fsp3) is 0.273. The van der Waals surface area contributed by atoms with Crippen molar-refractivity contribution < 1.29 is 14.3 Å². The Bertz CT molecular complexity index is 819. The van der Waals surface area contributed by atoms with E-state index in [0.29, 0.717) is 31.1 Å². The molecule has 0 bridgehead atoms. The Morgan fingerprint density at radius 3 is 2.63 bits per heavy atom. The average molecular weight is 364 g/mol. The highest BCUT2D eigenvalue weighted by Crippen LogP contribution is 2.33. The molecule has 1 aliphatic heterocycles. The topological polar surface area (TPSA) is 49.9 Å². The minimum absolute atomic E-state index is 0.0109. The zero-order chi connectivity index (χ0) is 19.2. The Kier molecular flexibility index (Phi) is 5.91. The molecule has 140 valence electrons. The van der Waals surface area contributed by atoms with Crippen LogP contribution in [-0.2, 0) is 16.1 Å². The molecule has 0 aromatic heterocycles. The lowest BCUT2D eigenvalue weighted by Gasteiger charge is -2.33. The van der Waals surface area contributed by atoms with E-state index in [0.717, 1.165) is 5.56 Å². The van der Waals surface area contributed by atoms with E-state index in [4.69, 9.17) is 4.74 Å². The Morgan fingerprint density at radius 1 is 1.19 bits per heavy atom. The summed E-state index contributed by atoms with van der Waals surface area (Å²) in [6.45, 7) is 6.80. The van der Waals surface area contributed by atoms with Crippen LogP contribution in [0.25, 0.3) is 0 Å². The summed E-state index contributed by atoms with van der Waals surface area (Å²) in [6.07, 6.45) is 1.41. The van der Waals surface area contributed by atoms with Gasteiger partial charge >= 0.3 is 0 Å². The molecule has 27 heavy (non-hydrogen) atoms. The van der Waals surface area contributed by atoms with Crippen molar-refractivity contribution in [3.63, 3.8) is 0 Å². The van der Waals surface area contributed by atoms with Crippen molar-refractivity contribution in [2.24, 2.45) is 0 Å². The summed E-state index contributed by atoms with van der Waals surface area (Å²) < 4.78 is 5.65. The van der Waals surface area contributed by atoms with Crippen LogP contribution >= 0.6 is 0 Å². The fourth-order valence-corrected chi connectivity index (χ4v) is 3.17. The summed E-state index contributed by atoms with van der Waals surface area (Å²) in [5.41, 5.74) is 1.78. The fourth-order valence-electron chi connectivity index (χ4n) is 3.17. The van der Waals surface area contributed by atoms with Crippen LogP contribution in [0.2, 0.25) is 0 Å². The molecule has 2 aromatic rings. The lowest BCUT2D eigenvalue weighted by atomic mass is 10.1. The molecule has 0 saturated carbocycles. The van der Waals surface area contributed by atoms with Gasteiger partial charge in [0, 0.05) is 26.1 Å². The predicted octanol–water partition coefficient (Wildman–Crippen LogP) is 3.41. The zero-order valence-corrected chi connectivity index (χ0v) is 15.5. The molecule has 1 unspecified atom stereocenters. The number of para-hydroxylation sites is 2. The van der Waals surface area contributed by atoms with Crippen LogP contribution in [-0.4, -0.2) is 35.9 Å². The molecule has 5 nitrogen and oxygen atoms in total. The maximum absolute atomic E-state index is 12.8. The predicted molar refractivity (Wildman–Crippen MR) is 106 cm³/mol. The van der Waals surface area contributed by atoms with Crippen molar-refractivity contribution in [1.29, 1.82) is 0 Å². The molecule has 0 N–H and O–H groups in total. The van der Waals surface area contributed by atoms with Crippen molar-refractivity contribution in [2.75, 3.05) is 18.0 Å². The first-order chi connectivity index (χ1) is 13.1. The van der Waals surface area contributed by atoms with Gasteiger partial charge in [0.1, 0.15) is 5.75 Å². The quantitative estimate of drug-likeness (QED) is 0.708. The van der Waals surface area contributed by atoms with Crippen LogP contribution in [0.3, 0.4) is 0 Å².